The first-order valence-corrected chi connectivity index (χ1v) is 10.9. The molecule has 6 heteroatoms. The third-order valence-corrected chi connectivity index (χ3v) is 5.98. The van der Waals surface area contributed by atoms with Crippen LogP contribution in [0.2, 0.25) is 0 Å². The number of aromatic nitrogens is 3. The Bertz CT molecular complexity index is 1690. The number of nitrogens with zero attached hydrogens (tertiary/aromatic N) is 4. The molecule has 2 heterocycles. The first-order chi connectivity index (χ1) is 16.7. The molecule has 0 saturated carbocycles. The fraction of sp³-hybridized carbons (Fsp3) is 0. The van der Waals surface area contributed by atoms with Crippen LogP contribution in [0.15, 0.2) is 109 Å². The summed E-state index contributed by atoms with van der Waals surface area (Å²) in [6.45, 7) is 0. The van der Waals surface area contributed by atoms with E-state index in [2.05, 4.69) is 50.9 Å². The molecule has 6 nitrogen and oxygen atoms in total. The lowest BCUT2D eigenvalue weighted by Crippen LogP contribution is -1.96. The summed E-state index contributed by atoms with van der Waals surface area (Å²) < 4.78 is 2.25. The number of benzene rings is 4. The van der Waals surface area contributed by atoms with E-state index < -0.39 is 0 Å². The quantitative estimate of drug-likeness (QED) is 0.222. The molecule has 0 bridgehead atoms. The average Bonchev–Trinajstić information content (AvgIpc) is 3.23. The predicted octanol–water partition coefficient (Wildman–Crippen LogP) is 6.82. The van der Waals surface area contributed by atoms with E-state index in [0.717, 1.165) is 33.1 Å². The summed E-state index contributed by atoms with van der Waals surface area (Å²) in [5, 5.41) is 13.7. The van der Waals surface area contributed by atoms with Crippen LogP contribution < -0.4 is 0 Å². The number of nitro groups is 1. The summed E-state index contributed by atoms with van der Waals surface area (Å²) >= 11 is 0. The van der Waals surface area contributed by atoms with Gasteiger partial charge >= 0.3 is 0 Å². The Hall–Kier alpha value is -4.84. The van der Waals surface area contributed by atoms with Gasteiger partial charge in [0.25, 0.3) is 5.69 Å². The maximum Gasteiger partial charge on any atom is 0.278 e. The van der Waals surface area contributed by atoms with Crippen LogP contribution in [-0.4, -0.2) is 19.5 Å². The van der Waals surface area contributed by atoms with Crippen LogP contribution >= 0.6 is 0 Å². The zero-order chi connectivity index (χ0) is 23.1. The molecule has 4 aromatic carbocycles. The van der Waals surface area contributed by atoms with Gasteiger partial charge < -0.3 is 4.57 Å². The monoisotopic (exact) mass is 442 g/mol. The van der Waals surface area contributed by atoms with E-state index in [1.165, 1.54) is 6.07 Å². The van der Waals surface area contributed by atoms with E-state index in [1.807, 2.05) is 36.4 Å². The van der Waals surface area contributed by atoms with Gasteiger partial charge in [-0.2, -0.15) is 0 Å². The van der Waals surface area contributed by atoms with Crippen molar-refractivity contribution in [3.63, 3.8) is 0 Å². The highest BCUT2D eigenvalue weighted by atomic mass is 16.6. The van der Waals surface area contributed by atoms with E-state index >= 15 is 0 Å². The normalized spacial score (nSPS) is 11.2. The lowest BCUT2D eigenvalue weighted by atomic mass is 10.1. The van der Waals surface area contributed by atoms with Gasteiger partial charge in [-0.15, -0.1) is 0 Å². The van der Waals surface area contributed by atoms with Crippen LogP contribution in [0.25, 0.3) is 50.1 Å². The lowest BCUT2D eigenvalue weighted by molar-refractivity contribution is -0.384. The lowest BCUT2D eigenvalue weighted by Gasteiger charge is -2.08. The fourth-order valence-electron chi connectivity index (χ4n) is 4.46. The van der Waals surface area contributed by atoms with Gasteiger partial charge in [-0.25, -0.2) is 9.97 Å². The van der Waals surface area contributed by atoms with Crippen LogP contribution in [0.5, 0.6) is 0 Å². The Kier molecular flexibility index (Phi) is 4.63. The molecule has 0 aliphatic heterocycles. The van der Waals surface area contributed by atoms with Crippen LogP contribution in [0.4, 0.5) is 5.69 Å². The molecule has 0 aliphatic carbocycles. The molecular formula is C28H18N4O2. The molecule has 34 heavy (non-hydrogen) atoms. The molecule has 0 unspecified atom stereocenters. The molecular weight excluding hydrogens is 424 g/mol. The van der Waals surface area contributed by atoms with Crippen molar-refractivity contribution in [2.24, 2.45) is 0 Å². The van der Waals surface area contributed by atoms with Crippen molar-refractivity contribution in [1.29, 1.82) is 0 Å². The summed E-state index contributed by atoms with van der Waals surface area (Å²) in [5.41, 5.74) is 5.16. The smallest absolute Gasteiger partial charge is 0.278 e. The SMILES string of the molecule is O=[N+]([O-])c1ccccc1-c1ccnc(-c2ccc3c(c2)c2ccccc2n3-c2ccccc2)n1. The van der Waals surface area contributed by atoms with Crippen molar-refractivity contribution in [3.05, 3.63) is 119 Å². The zero-order valence-electron chi connectivity index (χ0n) is 18.0. The molecule has 0 saturated heterocycles. The fourth-order valence-corrected chi connectivity index (χ4v) is 4.46. The number of hydrogen-bond acceptors (Lipinski definition) is 4. The van der Waals surface area contributed by atoms with E-state index in [9.17, 15) is 10.1 Å². The second-order valence-electron chi connectivity index (χ2n) is 7.96. The molecule has 2 aromatic heterocycles. The molecule has 0 amide bonds. The van der Waals surface area contributed by atoms with Gasteiger partial charge in [0.05, 0.1) is 27.2 Å². The van der Waals surface area contributed by atoms with Gasteiger partial charge in [-0.3, -0.25) is 10.1 Å². The van der Waals surface area contributed by atoms with Gasteiger partial charge in [-0.05, 0) is 48.5 Å². The Balaban J connectivity index is 1.54. The first-order valence-electron chi connectivity index (χ1n) is 10.9. The largest absolute Gasteiger partial charge is 0.309 e. The van der Waals surface area contributed by atoms with E-state index in [4.69, 9.17) is 0 Å². The van der Waals surface area contributed by atoms with Crippen molar-refractivity contribution in [2.45, 2.75) is 0 Å². The highest BCUT2D eigenvalue weighted by Crippen LogP contribution is 2.35. The summed E-state index contributed by atoms with van der Waals surface area (Å²) in [6, 6.07) is 33.1. The summed E-state index contributed by atoms with van der Waals surface area (Å²) in [7, 11) is 0. The Morgan fingerprint density at radius 2 is 1.47 bits per heavy atom. The van der Waals surface area contributed by atoms with E-state index in [0.29, 0.717) is 17.1 Å². The molecule has 0 fully saturated rings. The molecule has 0 N–H and O–H groups in total. The predicted molar refractivity (Wildman–Crippen MR) is 134 cm³/mol. The number of para-hydroxylation sites is 3. The molecule has 0 atom stereocenters. The third kappa shape index (κ3) is 3.20. The number of nitro benzene ring substituents is 1. The maximum absolute atomic E-state index is 11.5. The van der Waals surface area contributed by atoms with Gasteiger partial charge in [0.15, 0.2) is 5.82 Å². The Morgan fingerprint density at radius 1 is 0.735 bits per heavy atom. The second kappa shape index (κ2) is 7.94. The van der Waals surface area contributed by atoms with Crippen molar-refractivity contribution in [3.8, 4) is 28.3 Å². The molecule has 0 aliphatic rings. The van der Waals surface area contributed by atoms with Crippen molar-refractivity contribution < 1.29 is 4.92 Å². The van der Waals surface area contributed by atoms with E-state index in [-0.39, 0.29) is 10.6 Å². The number of rotatable bonds is 4. The highest BCUT2D eigenvalue weighted by molar-refractivity contribution is 6.10. The summed E-state index contributed by atoms with van der Waals surface area (Å²) in [6.07, 6.45) is 1.64. The van der Waals surface area contributed by atoms with E-state index in [1.54, 1.807) is 30.5 Å². The van der Waals surface area contributed by atoms with Gasteiger partial charge in [0, 0.05) is 34.3 Å². The second-order valence-corrected chi connectivity index (χ2v) is 7.96. The van der Waals surface area contributed by atoms with Crippen LogP contribution in [0.1, 0.15) is 0 Å². The average molecular weight is 442 g/mol. The topological polar surface area (TPSA) is 73.8 Å². The van der Waals surface area contributed by atoms with Crippen LogP contribution in [-0.2, 0) is 0 Å². The summed E-state index contributed by atoms with van der Waals surface area (Å²) in [5.74, 6) is 0.522. The molecule has 0 spiro atoms. The van der Waals surface area contributed by atoms with Crippen molar-refractivity contribution in [2.75, 3.05) is 0 Å². The molecule has 6 rings (SSSR count). The van der Waals surface area contributed by atoms with Crippen molar-refractivity contribution >= 4 is 27.5 Å². The van der Waals surface area contributed by atoms with Gasteiger partial charge in [0.2, 0.25) is 0 Å². The van der Waals surface area contributed by atoms with Gasteiger partial charge in [-0.1, -0.05) is 48.5 Å². The molecule has 6 aromatic rings. The minimum absolute atomic E-state index is 0.0218. The number of fused-ring (bicyclic) bond motifs is 3. The minimum atomic E-state index is -0.387. The van der Waals surface area contributed by atoms with Crippen LogP contribution in [0, 0.1) is 10.1 Å². The summed E-state index contributed by atoms with van der Waals surface area (Å²) in [4.78, 5) is 20.3. The highest BCUT2D eigenvalue weighted by Gasteiger charge is 2.17. The van der Waals surface area contributed by atoms with Crippen LogP contribution in [0.3, 0.4) is 0 Å². The standard InChI is InChI=1S/C28H18N4O2/c33-32(34)27-13-7-5-11-22(27)24-16-17-29-28(30-24)19-14-15-26-23(18-19)21-10-4-6-12-25(21)31(26)20-8-2-1-3-9-20/h1-18H. The Labute approximate surface area is 194 Å². The minimum Gasteiger partial charge on any atom is -0.309 e. The van der Waals surface area contributed by atoms with Crippen molar-refractivity contribution in [1.82, 2.24) is 14.5 Å². The molecule has 0 radical (unpaired) electrons. The maximum atomic E-state index is 11.5. The third-order valence-electron chi connectivity index (χ3n) is 5.98. The zero-order valence-corrected chi connectivity index (χ0v) is 18.0. The Morgan fingerprint density at radius 3 is 2.32 bits per heavy atom. The van der Waals surface area contributed by atoms with Gasteiger partial charge in [0.1, 0.15) is 0 Å². The first kappa shape index (κ1) is 19.8. The number of hydrogen-bond donors (Lipinski definition) is 0. The molecule has 162 valence electrons.